The molecule has 0 spiro atoms. The first-order chi connectivity index (χ1) is 24.9. The van der Waals surface area contributed by atoms with E-state index in [2.05, 4.69) is 28.8 Å². The number of carbonyl (C=O) groups is 2. The third kappa shape index (κ3) is 11.7. The zero-order valence-electron chi connectivity index (χ0n) is 29.0. The van der Waals surface area contributed by atoms with Gasteiger partial charge in [-0.25, -0.2) is 0 Å². The summed E-state index contributed by atoms with van der Waals surface area (Å²) in [6.45, 7) is 0.556. The van der Waals surface area contributed by atoms with Crippen molar-refractivity contribution in [1.29, 1.82) is 0 Å². The number of hydrogen-bond donors (Lipinski definition) is 5. The predicted molar refractivity (Wildman–Crippen MR) is 204 cm³/mol. The van der Waals surface area contributed by atoms with Gasteiger partial charge in [0.1, 0.15) is 0 Å². The van der Waals surface area contributed by atoms with Crippen LogP contribution < -0.4 is 16.4 Å². The van der Waals surface area contributed by atoms with Gasteiger partial charge in [-0.1, -0.05) is 97.8 Å². The van der Waals surface area contributed by atoms with Crippen LogP contribution in [0.1, 0.15) is 79.6 Å². The Kier molecular flexibility index (Phi) is 14.9. The molecule has 4 aromatic rings. The molecule has 1 heterocycles. The highest BCUT2D eigenvalue weighted by atomic mass is 32.2. The number of unbranched alkanes of at least 4 members (excludes halogenated alkanes) is 3. The molecule has 1 fully saturated rings. The monoisotopic (exact) mass is 711 g/mol. The Labute approximate surface area is 305 Å². The summed E-state index contributed by atoms with van der Waals surface area (Å²) in [4.78, 5) is 24.9. The van der Waals surface area contributed by atoms with Gasteiger partial charge in [0.15, 0.2) is 6.29 Å². The topological polar surface area (TPSA) is 143 Å². The first-order valence-electron chi connectivity index (χ1n) is 17.7. The van der Waals surface area contributed by atoms with E-state index in [1.165, 1.54) is 0 Å². The van der Waals surface area contributed by atoms with E-state index in [9.17, 15) is 19.8 Å². The van der Waals surface area contributed by atoms with Crippen LogP contribution in [-0.4, -0.2) is 46.2 Å². The van der Waals surface area contributed by atoms with Crippen LogP contribution in [0.15, 0.2) is 97.1 Å². The Morgan fingerprint density at radius 1 is 0.784 bits per heavy atom. The van der Waals surface area contributed by atoms with Gasteiger partial charge in [-0.3, -0.25) is 9.59 Å². The smallest absolute Gasteiger partial charge is 0.224 e. The Morgan fingerprint density at radius 3 is 2.20 bits per heavy atom. The van der Waals surface area contributed by atoms with Gasteiger partial charge < -0.3 is 36.1 Å². The normalized spacial score (nSPS) is 17.2. The maximum atomic E-state index is 12.7. The van der Waals surface area contributed by atoms with Crippen LogP contribution in [0.5, 0.6) is 0 Å². The summed E-state index contributed by atoms with van der Waals surface area (Å²) >= 11 is 1.67. The molecule has 6 N–H and O–H groups in total. The van der Waals surface area contributed by atoms with E-state index >= 15 is 0 Å². The van der Waals surface area contributed by atoms with Gasteiger partial charge in [0.25, 0.3) is 0 Å². The second-order valence-electron chi connectivity index (χ2n) is 12.8. The van der Waals surface area contributed by atoms with Gasteiger partial charge in [-0.15, -0.1) is 0 Å². The lowest BCUT2D eigenvalue weighted by atomic mass is 9.97. The van der Waals surface area contributed by atoms with Crippen molar-refractivity contribution >= 4 is 35.0 Å². The van der Waals surface area contributed by atoms with Gasteiger partial charge in [0, 0.05) is 42.9 Å². The van der Waals surface area contributed by atoms with E-state index in [4.69, 9.17) is 15.2 Å². The third-order valence-corrected chi connectivity index (χ3v) is 10.0. The zero-order valence-corrected chi connectivity index (χ0v) is 29.8. The minimum Gasteiger partial charge on any atom is -0.397 e. The Morgan fingerprint density at radius 2 is 1.47 bits per heavy atom. The molecule has 4 aromatic carbocycles. The molecule has 10 heteroatoms. The number of para-hydroxylation sites is 2. The highest BCUT2D eigenvalue weighted by Crippen LogP contribution is 2.39. The molecule has 1 aliphatic heterocycles. The minimum absolute atomic E-state index is 0.00321. The molecule has 1 aliphatic rings. The highest BCUT2D eigenvalue weighted by molar-refractivity contribution is 7.99. The third-order valence-electron chi connectivity index (χ3n) is 8.93. The molecule has 0 aromatic heterocycles. The summed E-state index contributed by atoms with van der Waals surface area (Å²) in [5.74, 6) is 1.37. The van der Waals surface area contributed by atoms with Crippen LogP contribution in [0.4, 0.5) is 11.4 Å². The molecule has 0 saturated carbocycles. The number of carbonyl (C=O) groups excluding carboxylic acids is 2. The number of rotatable bonds is 18. The first kappa shape index (κ1) is 38.1. The summed E-state index contributed by atoms with van der Waals surface area (Å²) < 4.78 is 12.9. The van der Waals surface area contributed by atoms with Crippen LogP contribution in [0.2, 0.25) is 0 Å². The Balaban J connectivity index is 1.10. The van der Waals surface area contributed by atoms with Crippen molar-refractivity contribution in [2.24, 2.45) is 0 Å². The maximum absolute atomic E-state index is 12.7. The Bertz CT molecular complexity index is 1680. The van der Waals surface area contributed by atoms with Crippen molar-refractivity contribution in [3.63, 3.8) is 0 Å². The molecule has 1 saturated heterocycles. The van der Waals surface area contributed by atoms with Crippen LogP contribution in [-0.2, 0) is 32.2 Å². The van der Waals surface area contributed by atoms with E-state index in [1.54, 1.807) is 23.9 Å². The van der Waals surface area contributed by atoms with Crippen molar-refractivity contribution < 1.29 is 29.3 Å². The fraction of sp³-hybridized carbons (Fsp3) is 0.366. The van der Waals surface area contributed by atoms with Crippen molar-refractivity contribution in [1.82, 2.24) is 5.32 Å². The number of aliphatic hydroxyl groups is 2. The van der Waals surface area contributed by atoms with Crippen molar-refractivity contribution in [2.45, 2.75) is 76.6 Å². The molecular weight excluding hydrogens is 663 g/mol. The fourth-order valence-electron chi connectivity index (χ4n) is 6.11. The Hall–Kier alpha value is -4.19. The number of anilines is 2. The summed E-state index contributed by atoms with van der Waals surface area (Å²) in [6, 6.07) is 31.3. The average Bonchev–Trinajstić information content (AvgIpc) is 3.16. The molecule has 3 atom stereocenters. The maximum Gasteiger partial charge on any atom is 0.224 e. The summed E-state index contributed by atoms with van der Waals surface area (Å²) in [5.41, 5.74) is 13.0. The van der Waals surface area contributed by atoms with Gasteiger partial charge in [-0.05, 0) is 52.8 Å². The quantitative estimate of drug-likeness (QED) is 0.0535. The summed E-state index contributed by atoms with van der Waals surface area (Å²) in [6.07, 6.45) is 4.10. The van der Waals surface area contributed by atoms with Crippen molar-refractivity contribution in [3.8, 4) is 11.1 Å². The number of benzene rings is 4. The summed E-state index contributed by atoms with van der Waals surface area (Å²) in [5, 5.41) is 24.7. The first-order valence-corrected chi connectivity index (χ1v) is 18.9. The standard InChI is InChI=1S/C41H49N3O6S/c42-36-11-7-8-12-37(36)44-40(48)14-4-2-1-3-13-39(47)43-26-33-9-5-6-10-35(33)30-19-21-32(22-20-30)41-49-34(28-51-24-23-45)25-38(50-41)31-17-15-29(27-46)16-18-31/h5-12,15-22,34,38,41,45-46H,1-4,13-14,23-28,42H2,(H,43,47)(H,44,48)/t34-,38+,41+/m0/s1. The largest absolute Gasteiger partial charge is 0.397 e. The molecule has 0 bridgehead atoms. The van der Waals surface area contributed by atoms with E-state index in [1.807, 2.05) is 66.7 Å². The predicted octanol–water partition coefficient (Wildman–Crippen LogP) is 7.29. The number of amides is 2. The number of hydrogen-bond acceptors (Lipinski definition) is 8. The van der Waals surface area contributed by atoms with Crippen molar-refractivity contribution in [3.05, 3.63) is 119 Å². The summed E-state index contributed by atoms with van der Waals surface area (Å²) in [7, 11) is 0. The lowest BCUT2D eigenvalue weighted by Gasteiger charge is -2.36. The zero-order chi connectivity index (χ0) is 35.8. The van der Waals surface area contributed by atoms with Crippen molar-refractivity contribution in [2.75, 3.05) is 29.2 Å². The lowest BCUT2D eigenvalue weighted by molar-refractivity contribution is -0.245. The SMILES string of the molecule is Nc1ccccc1NC(=O)CCCCCCC(=O)NCc1ccccc1-c1ccc([C@@H]2O[C@H](CSCCO)C[C@H](c3ccc(CO)cc3)O2)cc1. The second kappa shape index (κ2) is 20.0. The molecular formula is C41H49N3O6S. The van der Waals surface area contributed by atoms with E-state index in [0.717, 1.165) is 64.8 Å². The molecule has 0 unspecified atom stereocenters. The van der Waals surface area contributed by atoms with Crippen LogP contribution in [0, 0.1) is 0 Å². The number of nitrogen functional groups attached to an aromatic ring is 1. The number of nitrogens with two attached hydrogens (primary N) is 1. The number of thioether (sulfide) groups is 1. The van der Waals surface area contributed by atoms with Gasteiger partial charge >= 0.3 is 0 Å². The van der Waals surface area contributed by atoms with E-state index in [-0.39, 0.29) is 37.2 Å². The van der Waals surface area contributed by atoms with Crippen LogP contribution >= 0.6 is 11.8 Å². The number of nitrogens with one attached hydrogen (secondary N) is 2. The van der Waals surface area contributed by atoms with Crippen LogP contribution in [0.25, 0.3) is 11.1 Å². The number of ether oxygens (including phenoxy) is 2. The molecule has 51 heavy (non-hydrogen) atoms. The molecule has 270 valence electrons. The van der Waals surface area contributed by atoms with E-state index < -0.39 is 6.29 Å². The fourth-order valence-corrected chi connectivity index (χ4v) is 6.88. The van der Waals surface area contributed by atoms with E-state index in [0.29, 0.717) is 42.9 Å². The average molecular weight is 712 g/mol. The van der Waals surface area contributed by atoms with Gasteiger partial charge in [0.05, 0.1) is 36.8 Å². The van der Waals surface area contributed by atoms with Crippen LogP contribution in [0.3, 0.4) is 0 Å². The molecule has 0 aliphatic carbocycles. The second-order valence-corrected chi connectivity index (χ2v) is 13.9. The molecule has 5 rings (SSSR count). The highest BCUT2D eigenvalue weighted by Gasteiger charge is 2.32. The molecule has 9 nitrogen and oxygen atoms in total. The minimum atomic E-state index is -0.546. The molecule has 0 radical (unpaired) electrons. The van der Waals surface area contributed by atoms with Gasteiger partial charge in [0.2, 0.25) is 11.8 Å². The number of aliphatic hydroxyl groups excluding tert-OH is 2. The lowest BCUT2D eigenvalue weighted by Crippen LogP contribution is -2.31. The van der Waals surface area contributed by atoms with Gasteiger partial charge in [-0.2, -0.15) is 11.8 Å². The molecule has 2 amide bonds.